The predicted octanol–water partition coefficient (Wildman–Crippen LogP) is 1.45. The van der Waals surface area contributed by atoms with Gasteiger partial charge in [-0.25, -0.2) is 9.97 Å². The van der Waals surface area contributed by atoms with Crippen LogP contribution in [-0.2, 0) is 0 Å². The van der Waals surface area contributed by atoms with E-state index in [1.807, 2.05) is 6.07 Å². The summed E-state index contributed by atoms with van der Waals surface area (Å²) in [6.07, 6.45) is 8.90. The molecule has 0 radical (unpaired) electrons. The SMILES string of the molecule is CN1CCN(C2(CNc3ncccn3)CCCC2)CC1. The molecule has 5 heteroatoms. The number of hydrogen-bond acceptors (Lipinski definition) is 5. The first-order valence-electron chi connectivity index (χ1n) is 7.73. The average Bonchev–Trinajstić information content (AvgIpc) is 2.97. The van der Waals surface area contributed by atoms with Gasteiger partial charge in [0.15, 0.2) is 0 Å². The lowest BCUT2D eigenvalue weighted by Gasteiger charge is -2.45. The van der Waals surface area contributed by atoms with Gasteiger partial charge in [0.2, 0.25) is 5.95 Å². The second-order valence-electron chi connectivity index (χ2n) is 6.15. The van der Waals surface area contributed by atoms with Crippen molar-refractivity contribution in [3.63, 3.8) is 0 Å². The third-order valence-electron chi connectivity index (χ3n) is 4.85. The van der Waals surface area contributed by atoms with Crippen LogP contribution < -0.4 is 5.32 Å². The van der Waals surface area contributed by atoms with Crippen LogP contribution in [0, 0.1) is 0 Å². The zero-order valence-corrected chi connectivity index (χ0v) is 12.4. The molecule has 0 atom stereocenters. The molecule has 0 unspecified atom stereocenters. The molecule has 2 aliphatic rings. The van der Waals surface area contributed by atoms with Crippen LogP contribution in [0.5, 0.6) is 0 Å². The van der Waals surface area contributed by atoms with Gasteiger partial charge in [0.1, 0.15) is 0 Å². The molecule has 1 aliphatic carbocycles. The molecule has 5 nitrogen and oxygen atoms in total. The van der Waals surface area contributed by atoms with Crippen LogP contribution in [0.1, 0.15) is 25.7 Å². The first kappa shape index (κ1) is 13.8. The molecule has 1 aromatic rings. The standard InChI is InChI=1S/C15H25N5/c1-19-9-11-20(12-10-19)15(5-2-3-6-15)13-18-14-16-7-4-8-17-14/h4,7-8H,2-3,5-6,9-13H2,1H3,(H,16,17,18). The van der Waals surface area contributed by atoms with Crippen molar-refractivity contribution in [3.05, 3.63) is 18.5 Å². The minimum Gasteiger partial charge on any atom is -0.352 e. The van der Waals surface area contributed by atoms with Crippen LogP contribution >= 0.6 is 0 Å². The number of hydrogen-bond donors (Lipinski definition) is 1. The maximum atomic E-state index is 4.28. The van der Waals surface area contributed by atoms with Crippen LogP contribution in [-0.4, -0.2) is 65.1 Å². The van der Waals surface area contributed by atoms with Crippen LogP contribution in [0.2, 0.25) is 0 Å². The smallest absolute Gasteiger partial charge is 0.222 e. The van der Waals surface area contributed by atoms with Gasteiger partial charge in [0.05, 0.1) is 0 Å². The Morgan fingerprint density at radius 3 is 2.40 bits per heavy atom. The van der Waals surface area contributed by atoms with Crippen molar-refractivity contribution in [3.8, 4) is 0 Å². The van der Waals surface area contributed by atoms with Gasteiger partial charge in [-0.3, -0.25) is 4.90 Å². The van der Waals surface area contributed by atoms with Gasteiger partial charge in [-0.2, -0.15) is 0 Å². The summed E-state index contributed by atoms with van der Waals surface area (Å²) in [6.45, 7) is 5.72. The molecule has 1 aromatic heterocycles. The monoisotopic (exact) mass is 275 g/mol. The fourth-order valence-electron chi connectivity index (χ4n) is 3.55. The lowest BCUT2D eigenvalue weighted by Crippen LogP contribution is -2.58. The van der Waals surface area contributed by atoms with Gasteiger partial charge in [-0.05, 0) is 26.0 Å². The number of nitrogens with one attached hydrogen (secondary N) is 1. The van der Waals surface area contributed by atoms with Crippen molar-refractivity contribution in [1.29, 1.82) is 0 Å². The molecule has 20 heavy (non-hydrogen) atoms. The zero-order valence-electron chi connectivity index (χ0n) is 12.4. The van der Waals surface area contributed by atoms with Gasteiger partial charge in [0, 0.05) is 50.7 Å². The van der Waals surface area contributed by atoms with Crippen molar-refractivity contribution in [2.24, 2.45) is 0 Å². The number of aromatic nitrogens is 2. The lowest BCUT2D eigenvalue weighted by molar-refractivity contribution is 0.0510. The molecule has 2 heterocycles. The van der Waals surface area contributed by atoms with E-state index in [1.54, 1.807) is 12.4 Å². The van der Waals surface area contributed by atoms with Crippen molar-refractivity contribution in [2.75, 3.05) is 45.1 Å². The zero-order chi connectivity index (χ0) is 13.8. The molecule has 0 spiro atoms. The second-order valence-corrected chi connectivity index (χ2v) is 6.15. The fourth-order valence-corrected chi connectivity index (χ4v) is 3.55. The Hall–Kier alpha value is -1.20. The molecule has 0 bridgehead atoms. The molecule has 110 valence electrons. The van der Waals surface area contributed by atoms with Crippen LogP contribution in [0.3, 0.4) is 0 Å². The van der Waals surface area contributed by atoms with Crippen molar-refractivity contribution in [2.45, 2.75) is 31.2 Å². The highest BCUT2D eigenvalue weighted by Crippen LogP contribution is 2.35. The third-order valence-corrected chi connectivity index (χ3v) is 4.85. The Labute approximate surface area is 121 Å². The minimum atomic E-state index is 0.320. The van der Waals surface area contributed by atoms with E-state index < -0.39 is 0 Å². The largest absolute Gasteiger partial charge is 0.352 e. The lowest BCUT2D eigenvalue weighted by atomic mass is 9.94. The van der Waals surface area contributed by atoms with Gasteiger partial charge < -0.3 is 10.2 Å². The van der Waals surface area contributed by atoms with Crippen LogP contribution in [0.25, 0.3) is 0 Å². The summed E-state index contributed by atoms with van der Waals surface area (Å²) in [6, 6.07) is 1.86. The molecule has 1 aliphatic heterocycles. The van der Waals surface area contributed by atoms with E-state index in [-0.39, 0.29) is 0 Å². The van der Waals surface area contributed by atoms with E-state index in [0.29, 0.717) is 5.54 Å². The van der Waals surface area contributed by atoms with E-state index in [0.717, 1.165) is 12.5 Å². The van der Waals surface area contributed by atoms with Gasteiger partial charge >= 0.3 is 0 Å². The van der Waals surface area contributed by atoms with Gasteiger partial charge in [0.25, 0.3) is 0 Å². The second kappa shape index (κ2) is 6.06. The van der Waals surface area contributed by atoms with Crippen molar-refractivity contribution < 1.29 is 0 Å². The number of nitrogens with zero attached hydrogens (tertiary/aromatic N) is 4. The highest BCUT2D eigenvalue weighted by atomic mass is 15.3. The molecule has 0 amide bonds. The van der Waals surface area contributed by atoms with E-state index in [4.69, 9.17) is 0 Å². The first-order chi connectivity index (χ1) is 9.78. The van der Waals surface area contributed by atoms with Gasteiger partial charge in [-0.1, -0.05) is 12.8 Å². The number of likely N-dealkylation sites (N-methyl/N-ethyl adjacent to an activating group) is 1. The highest BCUT2D eigenvalue weighted by molar-refractivity contribution is 5.24. The Balaban J connectivity index is 1.65. The number of piperazine rings is 1. The maximum absolute atomic E-state index is 4.28. The summed E-state index contributed by atoms with van der Waals surface area (Å²) in [5.74, 6) is 0.757. The van der Waals surface area contributed by atoms with Crippen molar-refractivity contribution in [1.82, 2.24) is 19.8 Å². The van der Waals surface area contributed by atoms with E-state index in [1.165, 1.54) is 51.9 Å². The summed E-state index contributed by atoms with van der Waals surface area (Å²) < 4.78 is 0. The minimum absolute atomic E-state index is 0.320. The first-order valence-corrected chi connectivity index (χ1v) is 7.73. The van der Waals surface area contributed by atoms with Crippen molar-refractivity contribution >= 4 is 5.95 Å². The van der Waals surface area contributed by atoms with Gasteiger partial charge in [-0.15, -0.1) is 0 Å². The summed E-state index contributed by atoms with van der Waals surface area (Å²) in [4.78, 5) is 13.7. The molecule has 0 aromatic carbocycles. The summed E-state index contributed by atoms with van der Waals surface area (Å²) >= 11 is 0. The number of rotatable bonds is 4. The van der Waals surface area contributed by atoms with Crippen LogP contribution in [0.15, 0.2) is 18.5 Å². The Bertz CT molecular complexity index is 408. The summed E-state index contributed by atoms with van der Waals surface area (Å²) in [7, 11) is 2.22. The topological polar surface area (TPSA) is 44.3 Å². The number of anilines is 1. The fraction of sp³-hybridized carbons (Fsp3) is 0.733. The molecule has 2 fully saturated rings. The molecule has 1 saturated heterocycles. The van der Waals surface area contributed by atoms with E-state index in [9.17, 15) is 0 Å². The van der Waals surface area contributed by atoms with E-state index >= 15 is 0 Å². The normalized spacial score (nSPS) is 23.9. The average molecular weight is 275 g/mol. The maximum Gasteiger partial charge on any atom is 0.222 e. The Kier molecular flexibility index (Phi) is 4.17. The molecule has 1 N–H and O–H groups in total. The Morgan fingerprint density at radius 1 is 1.10 bits per heavy atom. The van der Waals surface area contributed by atoms with Crippen LogP contribution in [0.4, 0.5) is 5.95 Å². The summed E-state index contributed by atoms with van der Waals surface area (Å²) in [5, 5.41) is 3.46. The quantitative estimate of drug-likeness (QED) is 0.901. The molecule has 1 saturated carbocycles. The molecule has 3 rings (SSSR count). The summed E-state index contributed by atoms with van der Waals surface area (Å²) in [5.41, 5.74) is 0.320. The van der Waals surface area contributed by atoms with E-state index in [2.05, 4.69) is 32.1 Å². The molecular weight excluding hydrogens is 250 g/mol. The highest BCUT2D eigenvalue weighted by Gasteiger charge is 2.40. The molecular formula is C15H25N5. The Morgan fingerprint density at radius 2 is 1.75 bits per heavy atom. The predicted molar refractivity (Wildman–Crippen MR) is 80.8 cm³/mol. The third kappa shape index (κ3) is 2.94.